The van der Waals surface area contributed by atoms with Crippen molar-refractivity contribution in [2.45, 2.75) is 69.9 Å². The van der Waals surface area contributed by atoms with Crippen LogP contribution in [0.2, 0.25) is 0 Å². The van der Waals surface area contributed by atoms with Crippen molar-refractivity contribution >= 4 is 17.7 Å². The van der Waals surface area contributed by atoms with E-state index in [0.717, 1.165) is 12.0 Å². The Morgan fingerprint density at radius 1 is 1.00 bits per heavy atom. The molecule has 1 spiro atoms. The molecule has 8 heteroatoms. The minimum absolute atomic E-state index is 0.0935. The monoisotopic (exact) mass is 521 g/mol. The molecule has 4 aliphatic rings. The fourth-order valence-electron chi connectivity index (χ4n) is 6.99. The molecule has 38 heavy (non-hydrogen) atoms. The number of fused-ring (bicyclic) bond motifs is 2. The van der Waals surface area contributed by atoms with Crippen LogP contribution >= 0.6 is 0 Å². The van der Waals surface area contributed by atoms with E-state index in [1.54, 1.807) is 14.7 Å². The summed E-state index contributed by atoms with van der Waals surface area (Å²) in [7, 11) is 0. The SMILES string of the molecule is CCCN1CC=C[C@]2(C)O[C@]34C=CCN(C(C)C)C(=O)C3N([C@@H](CO)Cc3ccccc3)C(=O)[C@@H]4[C@@H]2C1=O. The van der Waals surface area contributed by atoms with E-state index in [2.05, 4.69) is 0 Å². The number of likely N-dealkylation sites (tertiary alicyclic amines) is 1. The zero-order valence-electron chi connectivity index (χ0n) is 22.7. The summed E-state index contributed by atoms with van der Waals surface area (Å²) in [5, 5.41) is 10.6. The molecule has 3 amide bonds. The van der Waals surface area contributed by atoms with Crippen LogP contribution in [-0.4, -0.2) is 93.1 Å². The molecule has 4 heterocycles. The Kier molecular flexibility index (Phi) is 6.99. The zero-order valence-corrected chi connectivity index (χ0v) is 22.7. The Labute approximate surface area is 224 Å². The van der Waals surface area contributed by atoms with Crippen LogP contribution in [-0.2, 0) is 25.5 Å². The molecule has 0 saturated carbocycles. The van der Waals surface area contributed by atoms with Crippen LogP contribution in [0.5, 0.6) is 0 Å². The number of hydrogen-bond donors (Lipinski definition) is 1. The number of nitrogens with zero attached hydrogens (tertiary/aromatic N) is 3. The van der Waals surface area contributed by atoms with E-state index in [-0.39, 0.29) is 30.4 Å². The lowest BCUT2D eigenvalue weighted by atomic mass is 9.74. The molecule has 204 valence electrons. The standard InChI is InChI=1S/C30H39N3O5/c1-5-15-31-16-9-13-29(4)23(26(31)35)24-27(36)33(22(19-34)18-21-11-7-6-8-12-21)25-28(37)32(20(2)3)17-10-14-30(24,25)38-29/h6-14,20,22-25,34H,5,15-19H2,1-4H3/t22-,23-,24+,25?,29+,30+/m1/s1. The highest BCUT2D eigenvalue weighted by Gasteiger charge is 2.75. The van der Waals surface area contributed by atoms with Crippen LogP contribution in [0.25, 0.3) is 0 Å². The highest BCUT2D eigenvalue weighted by molar-refractivity contribution is 6.00. The van der Waals surface area contributed by atoms with Gasteiger partial charge in [-0.15, -0.1) is 0 Å². The second-order valence-corrected chi connectivity index (χ2v) is 11.4. The molecular weight excluding hydrogens is 482 g/mol. The molecule has 1 N–H and O–H groups in total. The second kappa shape index (κ2) is 9.97. The number of ether oxygens (including phenoxy) is 1. The molecule has 1 aromatic carbocycles. The van der Waals surface area contributed by atoms with Crippen molar-refractivity contribution in [1.29, 1.82) is 0 Å². The zero-order chi connectivity index (χ0) is 27.2. The van der Waals surface area contributed by atoms with E-state index in [9.17, 15) is 19.5 Å². The fourth-order valence-corrected chi connectivity index (χ4v) is 6.99. The summed E-state index contributed by atoms with van der Waals surface area (Å²) in [5.41, 5.74) is -1.39. The van der Waals surface area contributed by atoms with E-state index in [1.807, 2.05) is 82.3 Å². The summed E-state index contributed by atoms with van der Waals surface area (Å²) >= 11 is 0. The molecule has 8 nitrogen and oxygen atoms in total. The average molecular weight is 522 g/mol. The van der Waals surface area contributed by atoms with Crippen molar-refractivity contribution in [2.24, 2.45) is 11.8 Å². The molecule has 0 aromatic heterocycles. The van der Waals surface area contributed by atoms with E-state index < -0.39 is 35.1 Å². The summed E-state index contributed by atoms with van der Waals surface area (Å²) in [6.07, 6.45) is 8.80. The first kappa shape index (κ1) is 26.6. The van der Waals surface area contributed by atoms with Crippen molar-refractivity contribution in [3.8, 4) is 0 Å². The number of carbonyl (C=O) groups is 3. The minimum Gasteiger partial charge on any atom is -0.394 e. The predicted octanol–water partition coefficient (Wildman–Crippen LogP) is 2.18. The van der Waals surface area contributed by atoms with Crippen molar-refractivity contribution in [2.75, 3.05) is 26.2 Å². The number of aliphatic hydroxyl groups excluding tert-OH is 1. The Morgan fingerprint density at radius 3 is 2.37 bits per heavy atom. The molecule has 4 aliphatic heterocycles. The lowest BCUT2D eigenvalue weighted by Gasteiger charge is -2.40. The summed E-state index contributed by atoms with van der Waals surface area (Å²) in [4.78, 5) is 47.9. The van der Waals surface area contributed by atoms with Gasteiger partial charge in [-0.3, -0.25) is 14.4 Å². The van der Waals surface area contributed by atoms with Gasteiger partial charge in [0.1, 0.15) is 11.6 Å². The number of amides is 3. The van der Waals surface area contributed by atoms with Crippen LogP contribution in [0.1, 0.15) is 39.7 Å². The van der Waals surface area contributed by atoms with Crippen molar-refractivity contribution in [1.82, 2.24) is 14.7 Å². The fraction of sp³-hybridized carbons (Fsp3) is 0.567. The number of carbonyl (C=O) groups excluding carboxylic acids is 3. The third kappa shape index (κ3) is 4.00. The van der Waals surface area contributed by atoms with Gasteiger partial charge in [0.05, 0.1) is 30.1 Å². The predicted molar refractivity (Wildman–Crippen MR) is 143 cm³/mol. The van der Waals surface area contributed by atoms with Gasteiger partial charge in [0, 0.05) is 25.7 Å². The van der Waals surface area contributed by atoms with Gasteiger partial charge >= 0.3 is 0 Å². The maximum atomic E-state index is 14.5. The Hall–Kier alpha value is -2.97. The van der Waals surface area contributed by atoms with Gasteiger partial charge in [-0.05, 0) is 39.2 Å². The third-order valence-electron chi connectivity index (χ3n) is 8.64. The summed E-state index contributed by atoms with van der Waals surface area (Å²) in [5.74, 6) is -2.28. The maximum Gasteiger partial charge on any atom is 0.249 e. The smallest absolute Gasteiger partial charge is 0.249 e. The first-order chi connectivity index (χ1) is 18.2. The molecule has 1 unspecified atom stereocenters. The highest BCUT2D eigenvalue weighted by Crippen LogP contribution is 2.58. The van der Waals surface area contributed by atoms with Gasteiger partial charge in [-0.1, -0.05) is 61.6 Å². The maximum absolute atomic E-state index is 14.5. The van der Waals surface area contributed by atoms with Crippen molar-refractivity contribution in [3.05, 3.63) is 60.2 Å². The quantitative estimate of drug-likeness (QED) is 0.556. The molecule has 1 aromatic rings. The lowest BCUT2D eigenvalue weighted by Crippen LogP contribution is -2.59. The molecule has 5 rings (SSSR count). The lowest BCUT2D eigenvalue weighted by molar-refractivity contribution is -0.156. The van der Waals surface area contributed by atoms with Crippen LogP contribution in [0.3, 0.4) is 0 Å². The Morgan fingerprint density at radius 2 is 1.71 bits per heavy atom. The topological polar surface area (TPSA) is 90.4 Å². The summed E-state index contributed by atoms with van der Waals surface area (Å²) in [6, 6.07) is 7.93. The van der Waals surface area contributed by atoms with Crippen LogP contribution < -0.4 is 0 Å². The van der Waals surface area contributed by atoms with Gasteiger partial charge in [-0.2, -0.15) is 0 Å². The van der Waals surface area contributed by atoms with Crippen LogP contribution in [0, 0.1) is 11.8 Å². The van der Waals surface area contributed by atoms with Gasteiger partial charge < -0.3 is 24.5 Å². The van der Waals surface area contributed by atoms with Gasteiger partial charge in [0.2, 0.25) is 17.7 Å². The summed E-state index contributed by atoms with van der Waals surface area (Å²) in [6.45, 7) is 8.91. The average Bonchev–Trinajstić information content (AvgIpc) is 3.16. The van der Waals surface area contributed by atoms with E-state index in [0.29, 0.717) is 26.1 Å². The molecule has 2 saturated heterocycles. The molecule has 0 radical (unpaired) electrons. The van der Waals surface area contributed by atoms with Crippen LogP contribution in [0.15, 0.2) is 54.6 Å². The van der Waals surface area contributed by atoms with Gasteiger partial charge in [0.25, 0.3) is 0 Å². The number of rotatable bonds is 7. The minimum atomic E-state index is -1.31. The molecule has 0 aliphatic carbocycles. The molecule has 0 bridgehead atoms. The first-order valence-corrected chi connectivity index (χ1v) is 13.8. The third-order valence-corrected chi connectivity index (χ3v) is 8.64. The number of hydrogen-bond acceptors (Lipinski definition) is 5. The number of benzene rings is 1. The van der Waals surface area contributed by atoms with E-state index in [1.165, 1.54) is 0 Å². The largest absolute Gasteiger partial charge is 0.394 e. The van der Waals surface area contributed by atoms with Crippen molar-refractivity contribution in [3.63, 3.8) is 0 Å². The highest BCUT2D eigenvalue weighted by atomic mass is 16.5. The molecular formula is C30H39N3O5. The second-order valence-electron chi connectivity index (χ2n) is 11.4. The van der Waals surface area contributed by atoms with Gasteiger partial charge in [0.15, 0.2) is 0 Å². The Balaban J connectivity index is 1.65. The van der Waals surface area contributed by atoms with E-state index >= 15 is 0 Å². The van der Waals surface area contributed by atoms with E-state index in [4.69, 9.17) is 4.74 Å². The van der Waals surface area contributed by atoms with Crippen LogP contribution in [0.4, 0.5) is 0 Å². The normalized spacial score (nSPS) is 33.4. The van der Waals surface area contributed by atoms with Gasteiger partial charge in [-0.25, -0.2) is 0 Å². The number of aliphatic hydroxyl groups is 1. The Bertz CT molecular complexity index is 1150. The first-order valence-electron chi connectivity index (χ1n) is 13.8. The molecule has 2 fully saturated rings. The van der Waals surface area contributed by atoms with Crippen molar-refractivity contribution < 1.29 is 24.2 Å². The molecule has 6 atom stereocenters. The summed E-state index contributed by atoms with van der Waals surface area (Å²) < 4.78 is 6.86.